The van der Waals surface area contributed by atoms with Crippen LogP contribution in [0.25, 0.3) is 0 Å². The van der Waals surface area contributed by atoms with Gasteiger partial charge in [-0.05, 0) is 31.5 Å². The van der Waals surface area contributed by atoms with Gasteiger partial charge in [-0.3, -0.25) is 4.79 Å². The molecule has 0 aliphatic heterocycles. The summed E-state index contributed by atoms with van der Waals surface area (Å²) in [4.78, 5) is 11.2. The number of amides is 1. The minimum atomic E-state index is 0.0544. The van der Waals surface area contributed by atoms with Crippen molar-refractivity contribution in [1.82, 2.24) is 5.32 Å². The Morgan fingerprint density at radius 1 is 1.44 bits per heavy atom. The Balaban J connectivity index is 2.42. The fraction of sp³-hybridized carbons (Fsp3) is 0.417. The second kappa shape index (κ2) is 6.38. The summed E-state index contributed by atoms with van der Waals surface area (Å²) in [5.74, 6) is 0.0544. The molecule has 16 heavy (non-hydrogen) atoms. The molecule has 1 aromatic carbocycles. The van der Waals surface area contributed by atoms with Crippen LogP contribution in [0, 0.1) is 6.92 Å². The fourth-order valence-electron chi connectivity index (χ4n) is 1.37. The van der Waals surface area contributed by atoms with Crippen LogP contribution >= 0.6 is 11.6 Å². The molecule has 0 spiro atoms. The van der Waals surface area contributed by atoms with Gasteiger partial charge in [0, 0.05) is 19.5 Å². The monoisotopic (exact) mass is 240 g/mol. The Hall–Kier alpha value is -1.22. The maximum atomic E-state index is 11.2. The molecule has 0 aliphatic carbocycles. The van der Waals surface area contributed by atoms with Crippen LogP contribution < -0.4 is 10.6 Å². The normalized spacial score (nSPS) is 9.94. The zero-order chi connectivity index (χ0) is 12.0. The van der Waals surface area contributed by atoms with Crippen LogP contribution in [0.1, 0.15) is 18.9 Å². The lowest BCUT2D eigenvalue weighted by molar-refractivity contribution is -0.120. The maximum Gasteiger partial charge on any atom is 0.221 e. The van der Waals surface area contributed by atoms with Crippen LogP contribution in [-0.4, -0.2) is 19.0 Å². The van der Waals surface area contributed by atoms with E-state index in [1.807, 2.05) is 32.0 Å². The fourth-order valence-corrected chi connectivity index (χ4v) is 1.56. The average Bonchev–Trinajstić information content (AvgIpc) is 2.23. The molecule has 0 aliphatic rings. The average molecular weight is 241 g/mol. The summed E-state index contributed by atoms with van der Waals surface area (Å²) in [6.45, 7) is 5.17. The lowest BCUT2D eigenvalue weighted by Crippen LogP contribution is -2.24. The molecule has 0 saturated heterocycles. The SMILES string of the molecule is CCNC(=O)CCNc1cc(C)ccc1Cl. The highest BCUT2D eigenvalue weighted by Crippen LogP contribution is 2.22. The Kier molecular flexibility index (Phi) is 5.12. The van der Waals surface area contributed by atoms with E-state index >= 15 is 0 Å². The number of carbonyl (C=O) groups is 1. The lowest BCUT2D eigenvalue weighted by atomic mass is 10.2. The molecule has 1 amide bonds. The van der Waals surface area contributed by atoms with Crippen molar-refractivity contribution in [3.63, 3.8) is 0 Å². The molecule has 2 N–H and O–H groups in total. The topological polar surface area (TPSA) is 41.1 Å². The van der Waals surface area contributed by atoms with Crippen molar-refractivity contribution in [2.45, 2.75) is 20.3 Å². The van der Waals surface area contributed by atoms with Crippen molar-refractivity contribution < 1.29 is 4.79 Å². The summed E-state index contributed by atoms with van der Waals surface area (Å²) >= 11 is 6.01. The van der Waals surface area contributed by atoms with Gasteiger partial charge in [-0.2, -0.15) is 0 Å². The first-order chi connectivity index (χ1) is 7.63. The van der Waals surface area contributed by atoms with E-state index in [1.54, 1.807) is 0 Å². The third kappa shape index (κ3) is 4.11. The molecule has 0 unspecified atom stereocenters. The maximum absolute atomic E-state index is 11.2. The zero-order valence-corrected chi connectivity index (χ0v) is 10.4. The van der Waals surface area contributed by atoms with E-state index in [-0.39, 0.29) is 5.91 Å². The van der Waals surface area contributed by atoms with Gasteiger partial charge < -0.3 is 10.6 Å². The first-order valence-corrected chi connectivity index (χ1v) is 5.78. The highest BCUT2D eigenvalue weighted by atomic mass is 35.5. The van der Waals surface area contributed by atoms with Gasteiger partial charge in [0.25, 0.3) is 0 Å². The number of carbonyl (C=O) groups excluding carboxylic acids is 1. The summed E-state index contributed by atoms with van der Waals surface area (Å²) in [5, 5.41) is 6.58. The van der Waals surface area contributed by atoms with Crippen molar-refractivity contribution in [2.75, 3.05) is 18.4 Å². The van der Waals surface area contributed by atoms with Crippen molar-refractivity contribution in [2.24, 2.45) is 0 Å². The van der Waals surface area contributed by atoms with Gasteiger partial charge in [-0.25, -0.2) is 0 Å². The number of rotatable bonds is 5. The first-order valence-electron chi connectivity index (χ1n) is 5.40. The van der Waals surface area contributed by atoms with Crippen LogP contribution in [0.15, 0.2) is 18.2 Å². The Labute approximate surface area is 101 Å². The first kappa shape index (κ1) is 12.8. The Morgan fingerprint density at radius 2 is 2.19 bits per heavy atom. The third-order valence-corrected chi connectivity index (χ3v) is 2.49. The molecule has 1 rings (SSSR count). The number of hydrogen-bond donors (Lipinski definition) is 2. The minimum Gasteiger partial charge on any atom is -0.383 e. The number of anilines is 1. The molecule has 0 heterocycles. The summed E-state index contributed by atoms with van der Waals surface area (Å²) in [6.07, 6.45) is 0.456. The van der Waals surface area contributed by atoms with Gasteiger partial charge in [0.1, 0.15) is 0 Å². The Morgan fingerprint density at radius 3 is 2.88 bits per heavy atom. The van der Waals surface area contributed by atoms with Crippen molar-refractivity contribution in [3.8, 4) is 0 Å². The summed E-state index contributed by atoms with van der Waals surface area (Å²) in [7, 11) is 0. The van der Waals surface area contributed by atoms with E-state index in [1.165, 1.54) is 0 Å². The quantitative estimate of drug-likeness (QED) is 0.831. The van der Waals surface area contributed by atoms with E-state index in [0.717, 1.165) is 11.3 Å². The highest BCUT2D eigenvalue weighted by molar-refractivity contribution is 6.33. The van der Waals surface area contributed by atoms with Gasteiger partial charge in [0.05, 0.1) is 10.7 Å². The Bertz CT molecular complexity index is 366. The van der Waals surface area contributed by atoms with Crippen LogP contribution in [0.5, 0.6) is 0 Å². The van der Waals surface area contributed by atoms with Crippen molar-refractivity contribution in [3.05, 3.63) is 28.8 Å². The number of benzene rings is 1. The highest BCUT2D eigenvalue weighted by Gasteiger charge is 2.02. The van der Waals surface area contributed by atoms with Gasteiger partial charge in [-0.1, -0.05) is 17.7 Å². The van der Waals surface area contributed by atoms with Gasteiger partial charge in [-0.15, -0.1) is 0 Å². The largest absolute Gasteiger partial charge is 0.383 e. The van der Waals surface area contributed by atoms with Crippen molar-refractivity contribution >= 4 is 23.2 Å². The summed E-state index contributed by atoms with van der Waals surface area (Å²) in [5.41, 5.74) is 2.02. The molecule has 1 aromatic rings. The van der Waals surface area contributed by atoms with Crippen LogP contribution in [0.3, 0.4) is 0 Å². The van der Waals surface area contributed by atoms with Gasteiger partial charge in [0.15, 0.2) is 0 Å². The van der Waals surface area contributed by atoms with E-state index in [0.29, 0.717) is 24.5 Å². The number of nitrogens with one attached hydrogen (secondary N) is 2. The number of hydrogen-bond acceptors (Lipinski definition) is 2. The van der Waals surface area contributed by atoms with E-state index < -0.39 is 0 Å². The van der Waals surface area contributed by atoms with Gasteiger partial charge >= 0.3 is 0 Å². The molecule has 0 fully saturated rings. The molecule has 88 valence electrons. The van der Waals surface area contributed by atoms with Gasteiger partial charge in [0.2, 0.25) is 5.91 Å². The predicted octanol–water partition coefficient (Wildman–Crippen LogP) is 2.59. The molecular formula is C12H17ClN2O. The van der Waals surface area contributed by atoms with E-state index in [2.05, 4.69) is 10.6 Å². The third-order valence-electron chi connectivity index (χ3n) is 2.16. The van der Waals surface area contributed by atoms with Crippen LogP contribution in [0.2, 0.25) is 5.02 Å². The second-order valence-electron chi connectivity index (χ2n) is 3.61. The summed E-state index contributed by atoms with van der Waals surface area (Å²) < 4.78 is 0. The number of halogens is 1. The van der Waals surface area contributed by atoms with Crippen LogP contribution in [-0.2, 0) is 4.79 Å². The lowest BCUT2D eigenvalue weighted by Gasteiger charge is -2.09. The molecular weight excluding hydrogens is 224 g/mol. The van der Waals surface area contributed by atoms with Crippen LogP contribution in [0.4, 0.5) is 5.69 Å². The molecule has 0 bridgehead atoms. The van der Waals surface area contributed by atoms with E-state index in [9.17, 15) is 4.79 Å². The number of aryl methyl sites for hydroxylation is 1. The summed E-state index contributed by atoms with van der Waals surface area (Å²) in [6, 6.07) is 5.78. The zero-order valence-electron chi connectivity index (χ0n) is 9.64. The predicted molar refractivity (Wildman–Crippen MR) is 68.0 cm³/mol. The molecule has 3 nitrogen and oxygen atoms in total. The molecule has 4 heteroatoms. The minimum absolute atomic E-state index is 0.0544. The smallest absolute Gasteiger partial charge is 0.221 e. The molecule has 0 saturated carbocycles. The molecule has 0 radical (unpaired) electrons. The van der Waals surface area contributed by atoms with E-state index in [4.69, 9.17) is 11.6 Å². The second-order valence-corrected chi connectivity index (χ2v) is 4.02. The molecule has 0 atom stereocenters. The molecule has 0 aromatic heterocycles. The standard InChI is InChI=1S/C12H17ClN2O/c1-3-14-12(16)6-7-15-11-8-9(2)4-5-10(11)13/h4-5,8,15H,3,6-7H2,1-2H3,(H,14,16). The van der Waals surface area contributed by atoms with Crippen molar-refractivity contribution in [1.29, 1.82) is 0 Å².